The topological polar surface area (TPSA) is 39.2 Å². The Morgan fingerprint density at radius 1 is 1.12 bits per heavy atom. The molecule has 1 aromatic heterocycles. The minimum absolute atomic E-state index is 0.113. The highest BCUT2D eigenvalue weighted by Gasteiger charge is 2.27. The highest BCUT2D eigenvalue weighted by Crippen LogP contribution is 2.33. The molecule has 0 radical (unpaired) electrons. The van der Waals surface area contributed by atoms with Gasteiger partial charge in [-0.25, -0.2) is 0 Å². The van der Waals surface area contributed by atoms with Gasteiger partial charge in [0.2, 0.25) is 0 Å². The molecule has 1 atom stereocenters. The lowest BCUT2D eigenvalue weighted by Crippen LogP contribution is -2.20. The SMILES string of the molecule is O=C1C[C@H](c2ccccn2)Oc2ccccc21. The lowest BCUT2D eigenvalue weighted by molar-refractivity contribution is 0.0845. The van der Waals surface area contributed by atoms with Crippen molar-refractivity contribution in [1.82, 2.24) is 4.98 Å². The highest BCUT2D eigenvalue weighted by molar-refractivity contribution is 5.99. The van der Waals surface area contributed by atoms with Crippen molar-refractivity contribution in [1.29, 1.82) is 0 Å². The van der Waals surface area contributed by atoms with Gasteiger partial charge in [-0.3, -0.25) is 9.78 Å². The fraction of sp³-hybridized carbons (Fsp3) is 0.143. The molecule has 84 valence electrons. The van der Waals surface area contributed by atoms with E-state index in [9.17, 15) is 4.79 Å². The zero-order chi connectivity index (χ0) is 11.7. The van der Waals surface area contributed by atoms with Crippen molar-refractivity contribution >= 4 is 5.78 Å². The van der Waals surface area contributed by atoms with Crippen molar-refractivity contribution in [3.8, 4) is 5.75 Å². The van der Waals surface area contributed by atoms with E-state index in [1.807, 2.05) is 36.4 Å². The Morgan fingerprint density at radius 2 is 1.94 bits per heavy atom. The van der Waals surface area contributed by atoms with Crippen LogP contribution >= 0.6 is 0 Å². The monoisotopic (exact) mass is 225 g/mol. The molecule has 3 rings (SSSR count). The lowest BCUT2D eigenvalue weighted by Gasteiger charge is -2.24. The molecule has 2 heterocycles. The smallest absolute Gasteiger partial charge is 0.170 e. The number of hydrogen-bond donors (Lipinski definition) is 0. The molecule has 0 bridgehead atoms. The van der Waals surface area contributed by atoms with Gasteiger partial charge in [-0.05, 0) is 24.3 Å². The predicted octanol–water partition coefficient (Wildman–Crippen LogP) is 2.79. The summed E-state index contributed by atoms with van der Waals surface area (Å²) >= 11 is 0. The van der Waals surface area contributed by atoms with E-state index < -0.39 is 0 Å². The van der Waals surface area contributed by atoms with Crippen LogP contribution in [0.1, 0.15) is 28.6 Å². The van der Waals surface area contributed by atoms with E-state index in [0.717, 1.165) is 5.69 Å². The maximum absolute atomic E-state index is 12.0. The summed E-state index contributed by atoms with van der Waals surface area (Å²) in [5, 5.41) is 0. The van der Waals surface area contributed by atoms with Crippen LogP contribution < -0.4 is 4.74 Å². The Kier molecular flexibility index (Phi) is 2.37. The Labute approximate surface area is 99.1 Å². The van der Waals surface area contributed by atoms with Gasteiger partial charge in [-0.1, -0.05) is 18.2 Å². The fourth-order valence-corrected chi connectivity index (χ4v) is 2.00. The molecule has 3 nitrogen and oxygen atoms in total. The predicted molar refractivity (Wildman–Crippen MR) is 63.0 cm³/mol. The van der Waals surface area contributed by atoms with Crippen LogP contribution in [-0.4, -0.2) is 10.8 Å². The van der Waals surface area contributed by atoms with E-state index in [0.29, 0.717) is 17.7 Å². The van der Waals surface area contributed by atoms with Crippen LogP contribution in [0.5, 0.6) is 5.75 Å². The minimum atomic E-state index is -0.265. The summed E-state index contributed by atoms with van der Waals surface area (Å²) in [7, 11) is 0. The van der Waals surface area contributed by atoms with Gasteiger partial charge in [0.15, 0.2) is 5.78 Å². The third-order valence-corrected chi connectivity index (χ3v) is 2.85. The van der Waals surface area contributed by atoms with Crippen molar-refractivity contribution in [3.05, 3.63) is 59.9 Å². The number of carbonyl (C=O) groups excluding carboxylic acids is 1. The van der Waals surface area contributed by atoms with E-state index in [1.54, 1.807) is 12.3 Å². The number of rotatable bonds is 1. The third kappa shape index (κ3) is 1.80. The second-order valence-corrected chi connectivity index (χ2v) is 3.98. The molecule has 17 heavy (non-hydrogen) atoms. The van der Waals surface area contributed by atoms with E-state index in [2.05, 4.69) is 4.98 Å². The zero-order valence-electron chi connectivity index (χ0n) is 9.17. The summed E-state index contributed by atoms with van der Waals surface area (Å²) < 4.78 is 5.81. The molecule has 0 saturated carbocycles. The molecule has 0 amide bonds. The van der Waals surface area contributed by atoms with Crippen LogP contribution in [0.15, 0.2) is 48.7 Å². The Hall–Kier alpha value is -2.16. The summed E-state index contributed by atoms with van der Waals surface area (Å²) in [6.45, 7) is 0. The number of nitrogens with zero attached hydrogens (tertiary/aromatic N) is 1. The molecule has 0 fully saturated rings. The zero-order valence-corrected chi connectivity index (χ0v) is 9.17. The number of hydrogen-bond acceptors (Lipinski definition) is 3. The molecule has 3 heteroatoms. The van der Waals surface area contributed by atoms with Crippen molar-refractivity contribution in [2.24, 2.45) is 0 Å². The number of ketones is 1. The average Bonchev–Trinajstić information content (AvgIpc) is 2.40. The van der Waals surface area contributed by atoms with Crippen LogP contribution in [0.3, 0.4) is 0 Å². The summed E-state index contributed by atoms with van der Waals surface area (Å²) in [4.78, 5) is 16.2. The number of pyridine rings is 1. The van der Waals surface area contributed by atoms with Crippen LogP contribution in [0.2, 0.25) is 0 Å². The fourth-order valence-electron chi connectivity index (χ4n) is 2.00. The number of Topliss-reactive ketones (excluding diaryl/α,β-unsaturated/α-hetero) is 1. The van der Waals surface area contributed by atoms with Crippen molar-refractivity contribution in [2.45, 2.75) is 12.5 Å². The summed E-state index contributed by atoms with van der Waals surface area (Å²) in [5.41, 5.74) is 1.47. The van der Waals surface area contributed by atoms with E-state index in [1.165, 1.54) is 0 Å². The lowest BCUT2D eigenvalue weighted by atomic mass is 9.99. The first-order valence-corrected chi connectivity index (χ1v) is 5.54. The Balaban J connectivity index is 1.97. The van der Waals surface area contributed by atoms with Gasteiger partial charge in [-0.2, -0.15) is 0 Å². The van der Waals surface area contributed by atoms with Crippen LogP contribution in [0.25, 0.3) is 0 Å². The molecule has 0 unspecified atom stereocenters. The molecular weight excluding hydrogens is 214 g/mol. The van der Waals surface area contributed by atoms with Gasteiger partial charge in [0.05, 0.1) is 17.7 Å². The van der Waals surface area contributed by atoms with Gasteiger partial charge >= 0.3 is 0 Å². The first-order valence-electron chi connectivity index (χ1n) is 5.54. The molecule has 0 N–H and O–H groups in total. The Bertz CT molecular complexity index is 551. The van der Waals surface area contributed by atoms with Crippen LogP contribution in [0.4, 0.5) is 0 Å². The number of ether oxygens (including phenoxy) is 1. The Morgan fingerprint density at radius 3 is 2.76 bits per heavy atom. The third-order valence-electron chi connectivity index (χ3n) is 2.85. The highest BCUT2D eigenvalue weighted by atomic mass is 16.5. The number of carbonyl (C=O) groups is 1. The van der Waals surface area contributed by atoms with E-state index in [-0.39, 0.29) is 11.9 Å². The molecule has 0 spiro atoms. The van der Waals surface area contributed by atoms with Gasteiger partial charge in [-0.15, -0.1) is 0 Å². The quantitative estimate of drug-likeness (QED) is 0.749. The van der Waals surface area contributed by atoms with Crippen LogP contribution in [0, 0.1) is 0 Å². The normalized spacial score (nSPS) is 18.4. The van der Waals surface area contributed by atoms with Gasteiger partial charge in [0.25, 0.3) is 0 Å². The first-order chi connectivity index (χ1) is 8.34. The van der Waals surface area contributed by atoms with Gasteiger partial charge < -0.3 is 4.74 Å². The largest absolute Gasteiger partial charge is 0.483 e. The average molecular weight is 225 g/mol. The van der Waals surface area contributed by atoms with E-state index >= 15 is 0 Å². The molecule has 2 aromatic rings. The second-order valence-electron chi connectivity index (χ2n) is 3.98. The second kappa shape index (κ2) is 4.01. The number of para-hydroxylation sites is 1. The molecule has 0 aliphatic carbocycles. The number of benzene rings is 1. The first kappa shape index (κ1) is 10.0. The van der Waals surface area contributed by atoms with Crippen LogP contribution in [-0.2, 0) is 0 Å². The van der Waals surface area contributed by atoms with Crippen molar-refractivity contribution < 1.29 is 9.53 Å². The van der Waals surface area contributed by atoms with Crippen molar-refractivity contribution in [2.75, 3.05) is 0 Å². The standard InChI is InChI=1S/C14H11NO2/c16-12-9-14(11-6-3-4-8-15-11)17-13-7-2-1-5-10(12)13/h1-8,14H,9H2/t14-/m1/s1. The van der Waals surface area contributed by atoms with E-state index in [4.69, 9.17) is 4.74 Å². The number of fused-ring (bicyclic) bond motifs is 1. The summed E-state index contributed by atoms with van der Waals surface area (Å²) in [6, 6.07) is 13.0. The summed E-state index contributed by atoms with van der Waals surface area (Å²) in [5.74, 6) is 0.766. The minimum Gasteiger partial charge on any atom is -0.483 e. The molecule has 0 saturated heterocycles. The molecule has 1 aliphatic heterocycles. The van der Waals surface area contributed by atoms with Gasteiger partial charge in [0.1, 0.15) is 11.9 Å². The summed E-state index contributed by atoms with van der Waals surface area (Å²) in [6.07, 6.45) is 1.80. The number of aromatic nitrogens is 1. The molecule has 1 aromatic carbocycles. The van der Waals surface area contributed by atoms with Gasteiger partial charge in [0, 0.05) is 6.20 Å². The molecular formula is C14H11NO2. The van der Waals surface area contributed by atoms with Crippen molar-refractivity contribution in [3.63, 3.8) is 0 Å². The maximum atomic E-state index is 12.0. The molecule has 1 aliphatic rings. The maximum Gasteiger partial charge on any atom is 0.170 e.